The van der Waals surface area contributed by atoms with Gasteiger partial charge >= 0.3 is 0 Å². The first-order chi connectivity index (χ1) is 5.07. The van der Waals surface area contributed by atoms with Crippen molar-refractivity contribution >= 4 is 12.1 Å². The van der Waals surface area contributed by atoms with Crippen LogP contribution < -0.4 is 0 Å². The molecule has 0 aliphatic heterocycles. The molecule has 0 amide bonds. The summed E-state index contributed by atoms with van der Waals surface area (Å²) in [7, 11) is 0. The molecule has 0 bridgehead atoms. The molecule has 0 fully saturated rings. The molecule has 1 unspecified atom stereocenters. The van der Waals surface area contributed by atoms with Crippen LogP contribution >= 0.6 is 0 Å². The van der Waals surface area contributed by atoms with E-state index in [4.69, 9.17) is 0 Å². The van der Waals surface area contributed by atoms with Crippen LogP contribution in [-0.2, 0) is 9.59 Å². The largest absolute Gasteiger partial charge is 0.303 e. The Morgan fingerprint density at radius 3 is 2.27 bits per heavy atom. The first-order valence-electron chi connectivity index (χ1n) is 4.04. The van der Waals surface area contributed by atoms with Crippen LogP contribution in [0.2, 0.25) is 0 Å². The van der Waals surface area contributed by atoms with Gasteiger partial charge in [0.25, 0.3) is 0 Å². The molecule has 2 nitrogen and oxygen atoms in total. The first-order valence-corrected chi connectivity index (χ1v) is 4.04. The Kier molecular flexibility index (Phi) is 4.75. The summed E-state index contributed by atoms with van der Waals surface area (Å²) < 4.78 is 0. The van der Waals surface area contributed by atoms with Gasteiger partial charge in [0.1, 0.15) is 12.1 Å². The minimum Gasteiger partial charge on any atom is -0.303 e. The lowest BCUT2D eigenvalue weighted by atomic mass is 9.96. The fourth-order valence-electron chi connectivity index (χ4n) is 0.879. The van der Waals surface area contributed by atoms with E-state index in [0.29, 0.717) is 18.8 Å². The number of ketones is 1. The van der Waals surface area contributed by atoms with Gasteiger partial charge in [-0.05, 0) is 5.92 Å². The third-order valence-corrected chi connectivity index (χ3v) is 1.61. The predicted octanol–water partition coefficient (Wildman–Crippen LogP) is 1.83. The Bertz CT molecular complexity index is 138. The summed E-state index contributed by atoms with van der Waals surface area (Å²) in [4.78, 5) is 21.2. The van der Waals surface area contributed by atoms with Gasteiger partial charge in [-0.3, -0.25) is 4.79 Å². The SMILES string of the molecule is CC(C)CC(=O)C(C)CC=O. The number of rotatable bonds is 5. The molecule has 0 aromatic heterocycles. The average molecular weight is 156 g/mol. The van der Waals surface area contributed by atoms with E-state index in [1.54, 1.807) is 6.92 Å². The summed E-state index contributed by atoms with van der Waals surface area (Å²) in [6.07, 6.45) is 1.77. The van der Waals surface area contributed by atoms with E-state index in [9.17, 15) is 9.59 Å². The Labute approximate surface area is 68.0 Å². The molecule has 0 radical (unpaired) electrons. The van der Waals surface area contributed by atoms with E-state index in [-0.39, 0.29) is 11.7 Å². The van der Waals surface area contributed by atoms with Crippen molar-refractivity contribution in [2.45, 2.75) is 33.6 Å². The van der Waals surface area contributed by atoms with Crippen LogP contribution in [0.15, 0.2) is 0 Å². The topological polar surface area (TPSA) is 34.1 Å². The smallest absolute Gasteiger partial charge is 0.136 e. The van der Waals surface area contributed by atoms with E-state index in [2.05, 4.69) is 0 Å². The van der Waals surface area contributed by atoms with E-state index in [0.717, 1.165) is 6.29 Å². The van der Waals surface area contributed by atoms with Gasteiger partial charge < -0.3 is 4.79 Å². The quantitative estimate of drug-likeness (QED) is 0.569. The number of aldehydes is 1. The molecule has 0 aliphatic rings. The first kappa shape index (κ1) is 10.3. The number of carbonyl (C=O) groups is 2. The molecule has 11 heavy (non-hydrogen) atoms. The molecule has 0 saturated heterocycles. The third-order valence-electron chi connectivity index (χ3n) is 1.61. The van der Waals surface area contributed by atoms with E-state index in [1.807, 2.05) is 13.8 Å². The van der Waals surface area contributed by atoms with Crippen LogP contribution in [0.25, 0.3) is 0 Å². The zero-order valence-electron chi connectivity index (χ0n) is 7.46. The van der Waals surface area contributed by atoms with Crippen LogP contribution in [0.5, 0.6) is 0 Å². The van der Waals surface area contributed by atoms with E-state index >= 15 is 0 Å². The summed E-state index contributed by atoms with van der Waals surface area (Å²) in [6, 6.07) is 0. The molecule has 0 aromatic carbocycles. The summed E-state index contributed by atoms with van der Waals surface area (Å²) in [6.45, 7) is 5.82. The second-order valence-electron chi connectivity index (χ2n) is 3.37. The number of Topliss-reactive ketones (excluding diaryl/α,β-unsaturated/α-hetero) is 1. The lowest BCUT2D eigenvalue weighted by Crippen LogP contribution is -2.13. The zero-order valence-corrected chi connectivity index (χ0v) is 7.46. The minimum absolute atomic E-state index is 0.0881. The monoisotopic (exact) mass is 156 g/mol. The molecule has 0 heterocycles. The Hall–Kier alpha value is -0.660. The van der Waals surface area contributed by atoms with Crippen molar-refractivity contribution in [1.82, 2.24) is 0 Å². The lowest BCUT2D eigenvalue weighted by molar-refractivity contribution is -0.125. The highest BCUT2D eigenvalue weighted by Crippen LogP contribution is 2.09. The highest BCUT2D eigenvalue weighted by Gasteiger charge is 2.12. The zero-order chi connectivity index (χ0) is 8.85. The fourth-order valence-corrected chi connectivity index (χ4v) is 0.879. The number of hydrogen-bond donors (Lipinski definition) is 0. The lowest BCUT2D eigenvalue weighted by Gasteiger charge is -2.07. The normalized spacial score (nSPS) is 13.1. The maximum Gasteiger partial charge on any atom is 0.136 e. The molecule has 1 atom stereocenters. The summed E-state index contributed by atoms with van der Waals surface area (Å²) in [5.74, 6) is 0.513. The van der Waals surface area contributed by atoms with Gasteiger partial charge in [-0.15, -0.1) is 0 Å². The highest BCUT2D eigenvalue weighted by molar-refractivity contribution is 5.82. The van der Waals surface area contributed by atoms with Crippen LogP contribution in [-0.4, -0.2) is 12.1 Å². The molecule has 0 N–H and O–H groups in total. The summed E-state index contributed by atoms with van der Waals surface area (Å²) in [5.41, 5.74) is 0. The third kappa shape index (κ3) is 4.71. The molecule has 2 heteroatoms. The van der Waals surface area contributed by atoms with E-state index in [1.165, 1.54) is 0 Å². The second kappa shape index (κ2) is 5.05. The van der Waals surface area contributed by atoms with Crippen LogP contribution in [0.4, 0.5) is 0 Å². The van der Waals surface area contributed by atoms with Crippen LogP contribution in [0.1, 0.15) is 33.6 Å². The van der Waals surface area contributed by atoms with Crippen molar-refractivity contribution in [3.8, 4) is 0 Å². The predicted molar refractivity (Wildman–Crippen MR) is 44.3 cm³/mol. The standard InChI is InChI=1S/C9H16O2/c1-7(2)6-9(11)8(3)4-5-10/h5,7-8H,4,6H2,1-3H3. The Balaban J connectivity index is 3.72. The molecular weight excluding hydrogens is 140 g/mol. The maximum atomic E-state index is 11.2. The van der Waals surface area contributed by atoms with Gasteiger partial charge in [0.15, 0.2) is 0 Å². The van der Waals surface area contributed by atoms with Gasteiger partial charge in [-0.2, -0.15) is 0 Å². The van der Waals surface area contributed by atoms with Crippen molar-refractivity contribution in [3.63, 3.8) is 0 Å². The molecule has 0 saturated carbocycles. The highest BCUT2D eigenvalue weighted by atomic mass is 16.1. The van der Waals surface area contributed by atoms with Crippen LogP contribution in [0, 0.1) is 11.8 Å². The molecule has 0 rings (SSSR count). The van der Waals surface area contributed by atoms with Crippen molar-refractivity contribution in [3.05, 3.63) is 0 Å². The minimum atomic E-state index is -0.0881. The molecule has 0 spiro atoms. The Morgan fingerprint density at radius 1 is 1.36 bits per heavy atom. The number of carbonyl (C=O) groups excluding carboxylic acids is 2. The fraction of sp³-hybridized carbons (Fsp3) is 0.778. The molecule has 64 valence electrons. The van der Waals surface area contributed by atoms with Gasteiger partial charge in [0, 0.05) is 18.8 Å². The van der Waals surface area contributed by atoms with Crippen molar-refractivity contribution in [2.75, 3.05) is 0 Å². The molecule has 0 aromatic rings. The van der Waals surface area contributed by atoms with Gasteiger partial charge in [-0.1, -0.05) is 20.8 Å². The molecule has 0 aliphatic carbocycles. The van der Waals surface area contributed by atoms with Crippen molar-refractivity contribution in [2.24, 2.45) is 11.8 Å². The molecular formula is C9H16O2. The number of hydrogen-bond acceptors (Lipinski definition) is 2. The summed E-state index contributed by atoms with van der Waals surface area (Å²) in [5, 5.41) is 0. The van der Waals surface area contributed by atoms with Gasteiger partial charge in [0.2, 0.25) is 0 Å². The van der Waals surface area contributed by atoms with Crippen LogP contribution in [0.3, 0.4) is 0 Å². The maximum absolute atomic E-state index is 11.2. The van der Waals surface area contributed by atoms with Gasteiger partial charge in [-0.25, -0.2) is 0 Å². The summed E-state index contributed by atoms with van der Waals surface area (Å²) >= 11 is 0. The van der Waals surface area contributed by atoms with Gasteiger partial charge in [0.05, 0.1) is 0 Å². The Morgan fingerprint density at radius 2 is 1.91 bits per heavy atom. The second-order valence-corrected chi connectivity index (χ2v) is 3.37. The van der Waals surface area contributed by atoms with Crippen molar-refractivity contribution < 1.29 is 9.59 Å². The average Bonchev–Trinajstić information content (AvgIpc) is 1.86. The van der Waals surface area contributed by atoms with E-state index < -0.39 is 0 Å². The van der Waals surface area contributed by atoms with Crippen molar-refractivity contribution in [1.29, 1.82) is 0 Å².